The molecule has 0 aromatic heterocycles. The number of unbranched alkanes of at least 4 members (excludes halogenated alkanes) is 12. The van der Waals surface area contributed by atoms with Crippen molar-refractivity contribution in [3.63, 3.8) is 0 Å². The maximum atomic E-state index is 2.62. The summed E-state index contributed by atoms with van der Waals surface area (Å²) in [5.74, 6) is 0. The van der Waals surface area contributed by atoms with Gasteiger partial charge in [0, 0.05) is 0 Å². The van der Waals surface area contributed by atoms with Crippen LogP contribution in [0.3, 0.4) is 0 Å². The van der Waals surface area contributed by atoms with E-state index in [1.54, 1.807) is 0 Å². The van der Waals surface area contributed by atoms with E-state index in [1.165, 1.54) is 106 Å². The molecule has 3 rings (SSSR count). The van der Waals surface area contributed by atoms with Gasteiger partial charge in [-0.05, 0) is 0 Å². The van der Waals surface area contributed by atoms with E-state index in [0.717, 1.165) is 0 Å². The molecule has 1 heteroatoms. The zero-order chi connectivity index (χ0) is 24.7. The van der Waals surface area contributed by atoms with Crippen molar-refractivity contribution >= 4 is 22.5 Å². The topological polar surface area (TPSA) is 0 Å². The standard InChI is InChI=1S/C34H49P/c1-3-4-5-6-7-8-9-10-11-12-13-14-24-31-35(2,32-25-18-15-19-26-32,33-27-20-16-21-28-33)34-29-22-17-23-30-34/h15-23,25-30H,3-14,24,31H2,1-2H3. The Labute approximate surface area is 216 Å². The second-order valence-corrected chi connectivity index (χ2v) is 16.4. The number of benzene rings is 3. The fraction of sp³-hybridized carbons (Fsp3) is 0.471. The predicted molar refractivity (Wildman–Crippen MR) is 162 cm³/mol. The van der Waals surface area contributed by atoms with Gasteiger partial charge in [0.05, 0.1) is 0 Å². The molecule has 3 aromatic rings. The van der Waals surface area contributed by atoms with Crippen LogP contribution in [0.2, 0.25) is 0 Å². The van der Waals surface area contributed by atoms with Gasteiger partial charge in [-0.3, -0.25) is 0 Å². The molecule has 0 unspecified atom stereocenters. The quantitative estimate of drug-likeness (QED) is 0.131. The van der Waals surface area contributed by atoms with E-state index in [0.29, 0.717) is 0 Å². The van der Waals surface area contributed by atoms with Crippen LogP contribution < -0.4 is 15.9 Å². The third-order valence-electron chi connectivity index (χ3n) is 8.19. The van der Waals surface area contributed by atoms with E-state index in [9.17, 15) is 0 Å². The zero-order valence-electron chi connectivity index (χ0n) is 22.5. The molecule has 0 heterocycles. The van der Waals surface area contributed by atoms with E-state index in [4.69, 9.17) is 0 Å². The Balaban J connectivity index is 1.60. The summed E-state index contributed by atoms with van der Waals surface area (Å²) in [4.78, 5) is 0. The molecule has 190 valence electrons. The Hall–Kier alpha value is -1.91. The minimum atomic E-state index is -2.54. The average molecular weight is 489 g/mol. The maximum absolute atomic E-state index is 2.62. The predicted octanol–water partition coefficient (Wildman–Crippen LogP) is 9.24. The molecule has 0 saturated heterocycles. The Morgan fingerprint density at radius 1 is 0.400 bits per heavy atom. The van der Waals surface area contributed by atoms with Gasteiger partial charge in [0.2, 0.25) is 0 Å². The van der Waals surface area contributed by atoms with Crippen molar-refractivity contribution in [1.82, 2.24) is 0 Å². The van der Waals surface area contributed by atoms with Crippen molar-refractivity contribution in [1.29, 1.82) is 0 Å². The van der Waals surface area contributed by atoms with E-state index in [1.807, 2.05) is 0 Å². The minimum absolute atomic E-state index is 1.25. The second kappa shape index (κ2) is 14.6. The van der Waals surface area contributed by atoms with Gasteiger partial charge >= 0.3 is 197 Å². The molecule has 0 spiro atoms. The van der Waals surface area contributed by atoms with Gasteiger partial charge in [0.1, 0.15) is 0 Å². The van der Waals surface area contributed by atoms with Gasteiger partial charge in [-0.25, -0.2) is 0 Å². The summed E-state index contributed by atoms with van der Waals surface area (Å²) in [7, 11) is 0. The summed E-state index contributed by atoms with van der Waals surface area (Å²) in [6.07, 6.45) is 19.5. The Morgan fingerprint density at radius 2 is 0.686 bits per heavy atom. The van der Waals surface area contributed by atoms with Crippen molar-refractivity contribution in [3.05, 3.63) is 91.0 Å². The normalized spacial score (nSPS) is 12.8. The van der Waals surface area contributed by atoms with Crippen LogP contribution in [0.15, 0.2) is 91.0 Å². The fourth-order valence-corrected chi connectivity index (χ4v) is 11.5. The molecule has 3 aromatic carbocycles. The van der Waals surface area contributed by atoms with Gasteiger partial charge in [0.15, 0.2) is 0 Å². The van der Waals surface area contributed by atoms with Crippen LogP contribution in [0.1, 0.15) is 90.4 Å². The molecule has 0 aliphatic heterocycles. The molecule has 0 atom stereocenters. The Bertz CT molecular complexity index is 833. The molecular weight excluding hydrogens is 439 g/mol. The molecule has 0 aliphatic carbocycles. The molecule has 0 saturated carbocycles. The summed E-state index contributed by atoms with van der Waals surface area (Å²) in [5, 5.41) is 4.57. The van der Waals surface area contributed by atoms with Gasteiger partial charge in [0.25, 0.3) is 0 Å². The third kappa shape index (κ3) is 7.30. The van der Waals surface area contributed by atoms with Crippen LogP contribution in [0.25, 0.3) is 0 Å². The van der Waals surface area contributed by atoms with Gasteiger partial charge in [-0.15, -0.1) is 0 Å². The first-order valence-electron chi connectivity index (χ1n) is 14.4. The van der Waals surface area contributed by atoms with E-state index in [-0.39, 0.29) is 0 Å². The molecule has 35 heavy (non-hydrogen) atoms. The van der Waals surface area contributed by atoms with Crippen molar-refractivity contribution in [3.8, 4) is 0 Å². The fourth-order valence-electron chi connectivity index (χ4n) is 5.85. The Kier molecular flexibility index (Phi) is 11.5. The summed E-state index contributed by atoms with van der Waals surface area (Å²) in [6, 6.07) is 34.2. The monoisotopic (exact) mass is 488 g/mol. The number of hydrogen-bond acceptors (Lipinski definition) is 0. The van der Waals surface area contributed by atoms with Crippen LogP contribution in [-0.2, 0) is 0 Å². The van der Waals surface area contributed by atoms with Crippen molar-refractivity contribution in [2.45, 2.75) is 90.4 Å². The number of hydrogen-bond donors (Lipinski definition) is 0. The van der Waals surface area contributed by atoms with Crippen LogP contribution in [0.4, 0.5) is 0 Å². The Morgan fingerprint density at radius 3 is 1.00 bits per heavy atom. The SMILES string of the molecule is CCCCCCCCCCCCCCCP(C)(c1ccccc1)(c1ccccc1)c1ccccc1. The van der Waals surface area contributed by atoms with E-state index < -0.39 is 6.60 Å². The summed E-state index contributed by atoms with van der Waals surface area (Å²) >= 11 is 0. The molecular formula is C34H49P. The molecule has 0 amide bonds. The second-order valence-electron chi connectivity index (χ2n) is 10.8. The van der Waals surface area contributed by atoms with Gasteiger partial charge < -0.3 is 0 Å². The van der Waals surface area contributed by atoms with Crippen molar-refractivity contribution < 1.29 is 0 Å². The van der Waals surface area contributed by atoms with Gasteiger partial charge in [-0.1, -0.05) is 19.8 Å². The average Bonchev–Trinajstić information content (AvgIpc) is 2.93. The molecule has 0 aliphatic rings. The van der Waals surface area contributed by atoms with E-state index >= 15 is 0 Å². The van der Waals surface area contributed by atoms with Crippen LogP contribution >= 0.6 is 6.60 Å². The molecule has 0 fully saturated rings. The zero-order valence-corrected chi connectivity index (χ0v) is 23.4. The van der Waals surface area contributed by atoms with Crippen LogP contribution in [0.5, 0.6) is 0 Å². The molecule has 0 nitrogen and oxygen atoms in total. The van der Waals surface area contributed by atoms with Crippen molar-refractivity contribution in [2.24, 2.45) is 0 Å². The first-order valence-corrected chi connectivity index (χ1v) is 17.2. The van der Waals surface area contributed by atoms with Gasteiger partial charge in [-0.2, -0.15) is 0 Å². The molecule has 0 radical (unpaired) electrons. The third-order valence-corrected chi connectivity index (χ3v) is 14.7. The molecule has 0 N–H and O–H groups in total. The van der Waals surface area contributed by atoms with Crippen molar-refractivity contribution in [2.75, 3.05) is 12.8 Å². The summed E-state index contributed by atoms with van der Waals surface area (Å²) in [6.45, 7) is 2.38. The van der Waals surface area contributed by atoms with Crippen LogP contribution in [-0.4, -0.2) is 12.8 Å². The molecule has 0 bridgehead atoms. The summed E-state index contributed by atoms with van der Waals surface area (Å²) in [5.41, 5.74) is 0. The first kappa shape index (κ1) is 27.7. The number of rotatable bonds is 17. The summed E-state index contributed by atoms with van der Waals surface area (Å²) < 4.78 is 0. The first-order chi connectivity index (χ1) is 17.2. The van der Waals surface area contributed by atoms with E-state index in [2.05, 4.69) is 105 Å². The van der Waals surface area contributed by atoms with Crippen LogP contribution in [0, 0.1) is 0 Å².